The number of nitrogens with zero attached hydrogens (tertiary/aromatic N) is 1. The summed E-state index contributed by atoms with van der Waals surface area (Å²) in [7, 11) is 1.58. The van der Waals surface area contributed by atoms with Crippen LogP contribution in [0.3, 0.4) is 0 Å². The first-order chi connectivity index (χ1) is 5.83. The summed E-state index contributed by atoms with van der Waals surface area (Å²) in [5, 5.41) is 5.12. The van der Waals surface area contributed by atoms with Crippen molar-refractivity contribution in [2.24, 2.45) is 0 Å². The number of hydrogen-bond donors (Lipinski definition) is 2. The third-order valence-electron chi connectivity index (χ3n) is 1.40. The highest BCUT2D eigenvalue weighted by molar-refractivity contribution is 5.73. The van der Waals surface area contributed by atoms with E-state index in [0.29, 0.717) is 6.54 Å². The molecule has 1 aromatic rings. The number of carbonyl (C=O) groups excluding carboxylic acids is 1. The van der Waals surface area contributed by atoms with Crippen molar-refractivity contribution in [3.8, 4) is 0 Å². The summed E-state index contributed by atoms with van der Waals surface area (Å²) in [4.78, 5) is 14.7. The lowest BCUT2D eigenvalue weighted by Gasteiger charge is -2.02. The van der Waals surface area contributed by atoms with E-state index in [-0.39, 0.29) is 6.03 Å². The second-order valence-corrected chi connectivity index (χ2v) is 2.29. The van der Waals surface area contributed by atoms with Crippen LogP contribution in [0.1, 0.15) is 5.56 Å². The van der Waals surface area contributed by atoms with E-state index in [1.807, 2.05) is 12.1 Å². The van der Waals surface area contributed by atoms with Crippen molar-refractivity contribution in [3.05, 3.63) is 30.1 Å². The minimum Gasteiger partial charge on any atom is -0.341 e. The number of pyridine rings is 1. The number of nitrogens with one attached hydrogen (secondary N) is 2. The Morgan fingerprint density at radius 1 is 1.67 bits per heavy atom. The van der Waals surface area contributed by atoms with Crippen molar-refractivity contribution in [3.63, 3.8) is 0 Å². The Labute approximate surface area is 71.0 Å². The van der Waals surface area contributed by atoms with Crippen LogP contribution in [0.4, 0.5) is 4.79 Å². The van der Waals surface area contributed by atoms with Gasteiger partial charge in [-0.15, -0.1) is 0 Å². The molecule has 4 nitrogen and oxygen atoms in total. The quantitative estimate of drug-likeness (QED) is 0.671. The van der Waals surface area contributed by atoms with Gasteiger partial charge in [-0.3, -0.25) is 4.98 Å². The highest BCUT2D eigenvalue weighted by Gasteiger charge is 1.95. The van der Waals surface area contributed by atoms with Crippen molar-refractivity contribution in [1.29, 1.82) is 0 Å². The first-order valence-electron chi connectivity index (χ1n) is 3.67. The Morgan fingerprint density at radius 3 is 3.08 bits per heavy atom. The Bertz CT molecular complexity index is 248. The van der Waals surface area contributed by atoms with Gasteiger partial charge in [-0.05, 0) is 11.6 Å². The lowest BCUT2D eigenvalue weighted by atomic mass is 10.3. The van der Waals surface area contributed by atoms with Crippen LogP contribution >= 0.6 is 0 Å². The highest BCUT2D eigenvalue weighted by atomic mass is 16.2. The molecule has 0 aliphatic heterocycles. The van der Waals surface area contributed by atoms with Gasteiger partial charge in [-0.1, -0.05) is 6.07 Å². The predicted octanol–water partition coefficient (Wildman–Crippen LogP) is 0.511. The molecule has 0 bridgehead atoms. The van der Waals surface area contributed by atoms with Crippen molar-refractivity contribution < 1.29 is 4.79 Å². The van der Waals surface area contributed by atoms with Gasteiger partial charge in [0.15, 0.2) is 0 Å². The summed E-state index contributed by atoms with van der Waals surface area (Å²) in [6.07, 6.45) is 3.42. The van der Waals surface area contributed by atoms with Crippen LogP contribution in [0.2, 0.25) is 0 Å². The normalized spacial score (nSPS) is 9.08. The zero-order chi connectivity index (χ0) is 8.81. The van der Waals surface area contributed by atoms with Crippen LogP contribution in [0.25, 0.3) is 0 Å². The fraction of sp³-hybridized carbons (Fsp3) is 0.250. The first-order valence-corrected chi connectivity index (χ1v) is 3.67. The van der Waals surface area contributed by atoms with E-state index in [2.05, 4.69) is 15.6 Å². The Balaban J connectivity index is 2.38. The third-order valence-corrected chi connectivity index (χ3v) is 1.40. The molecule has 0 fully saturated rings. The molecule has 0 aliphatic rings. The number of carbonyl (C=O) groups is 1. The fourth-order valence-corrected chi connectivity index (χ4v) is 0.773. The topological polar surface area (TPSA) is 54.0 Å². The summed E-state index contributed by atoms with van der Waals surface area (Å²) in [5.74, 6) is 0. The van der Waals surface area contributed by atoms with E-state index in [1.54, 1.807) is 19.4 Å². The average molecular weight is 165 g/mol. The molecule has 2 N–H and O–H groups in total. The number of hydrogen-bond acceptors (Lipinski definition) is 2. The lowest BCUT2D eigenvalue weighted by molar-refractivity contribution is 0.242. The number of urea groups is 1. The van der Waals surface area contributed by atoms with Gasteiger partial charge in [0.2, 0.25) is 0 Å². The molecule has 0 spiro atoms. The van der Waals surface area contributed by atoms with Crippen LogP contribution in [-0.2, 0) is 6.54 Å². The molecule has 0 unspecified atom stereocenters. The van der Waals surface area contributed by atoms with Crippen molar-refractivity contribution in [2.45, 2.75) is 6.54 Å². The molecule has 1 heterocycles. The summed E-state index contributed by atoms with van der Waals surface area (Å²) >= 11 is 0. The van der Waals surface area contributed by atoms with Crippen LogP contribution in [0.15, 0.2) is 24.5 Å². The Kier molecular flexibility index (Phi) is 3.07. The maximum absolute atomic E-state index is 10.7. The maximum Gasteiger partial charge on any atom is 0.314 e. The van der Waals surface area contributed by atoms with Crippen LogP contribution in [-0.4, -0.2) is 18.1 Å². The molecule has 64 valence electrons. The third kappa shape index (κ3) is 2.57. The van der Waals surface area contributed by atoms with Gasteiger partial charge >= 0.3 is 6.03 Å². The zero-order valence-corrected chi connectivity index (χ0v) is 6.87. The van der Waals surface area contributed by atoms with Gasteiger partial charge < -0.3 is 10.6 Å². The van der Waals surface area contributed by atoms with Gasteiger partial charge in [0.1, 0.15) is 0 Å². The van der Waals surface area contributed by atoms with Gasteiger partial charge in [0, 0.05) is 26.0 Å². The second-order valence-electron chi connectivity index (χ2n) is 2.29. The number of rotatable bonds is 2. The Morgan fingerprint density at radius 2 is 2.50 bits per heavy atom. The fourth-order valence-electron chi connectivity index (χ4n) is 0.773. The molecule has 0 radical (unpaired) electrons. The van der Waals surface area contributed by atoms with Gasteiger partial charge in [0.25, 0.3) is 0 Å². The smallest absolute Gasteiger partial charge is 0.314 e. The minimum atomic E-state index is -0.182. The highest BCUT2D eigenvalue weighted by Crippen LogP contribution is 1.93. The van der Waals surface area contributed by atoms with Crippen LogP contribution in [0.5, 0.6) is 0 Å². The van der Waals surface area contributed by atoms with E-state index in [4.69, 9.17) is 0 Å². The average Bonchev–Trinajstić information content (AvgIpc) is 2.16. The monoisotopic (exact) mass is 165 g/mol. The molecule has 1 rings (SSSR count). The number of aromatic nitrogens is 1. The molecular weight excluding hydrogens is 154 g/mol. The zero-order valence-electron chi connectivity index (χ0n) is 6.87. The summed E-state index contributed by atoms with van der Waals surface area (Å²) in [6.45, 7) is 0.507. The van der Waals surface area contributed by atoms with E-state index >= 15 is 0 Å². The second kappa shape index (κ2) is 4.33. The molecule has 0 aliphatic carbocycles. The molecule has 0 saturated carbocycles. The first kappa shape index (κ1) is 8.52. The largest absolute Gasteiger partial charge is 0.341 e. The molecular formula is C8H11N3O. The molecule has 4 heteroatoms. The van der Waals surface area contributed by atoms with E-state index in [1.165, 1.54) is 0 Å². The molecule has 0 aromatic carbocycles. The van der Waals surface area contributed by atoms with Gasteiger partial charge in [-0.2, -0.15) is 0 Å². The Hall–Kier alpha value is -1.58. The van der Waals surface area contributed by atoms with Crippen molar-refractivity contribution >= 4 is 6.03 Å². The minimum absolute atomic E-state index is 0.182. The summed E-state index contributed by atoms with van der Waals surface area (Å²) < 4.78 is 0. The molecule has 12 heavy (non-hydrogen) atoms. The SMILES string of the molecule is CNC(=O)NCc1cccnc1. The van der Waals surface area contributed by atoms with Gasteiger partial charge in [-0.25, -0.2) is 4.79 Å². The van der Waals surface area contributed by atoms with E-state index in [9.17, 15) is 4.79 Å². The molecule has 0 atom stereocenters. The van der Waals surface area contributed by atoms with E-state index in [0.717, 1.165) is 5.56 Å². The van der Waals surface area contributed by atoms with Crippen molar-refractivity contribution in [2.75, 3.05) is 7.05 Å². The molecule has 1 aromatic heterocycles. The van der Waals surface area contributed by atoms with E-state index < -0.39 is 0 Å². The lowest BCUT2D eigenvalue weighted by Crippen LogP contribution is -2.32. The summed E-state index contributed by atoms with van der Waals surface area (Å²) in [5.41, 5.74) is 0.987. The van der Waals surface area contributed by atoms with Crippen LogP contribution < -0.4 is 10.6 Å². The maximum atomic E-state index is 10.7. The van der Waals surface area contributed by atoms with Crippen LogP contribution in [0, 0.1) is 0 Å². The standard InChI is InChI=1S/C8H11N3O/c1-9-8(12)11-6-7-3-2-4-10-5-7/h2-5H,6H2,1H3,(H2,9,11,12). The van der Waals surface area contributed by atoms with Crippen molar-refractivity contribution in [1.82, 2.24) is 15.6 Å². The number of amides is 2. The van der Waals surface area contributed by atoms with Gasteiger partial charge in [0.05, 0.1) is 0 Å². The summed E-state index contributed by atoms with van der Waals surface area (Å²) in [6, 6.07) is 3.56. The predicted molar refractivity (Wildman–Crippen MR) is 45.5 cm³/mol. The molecule has 0 saturated heterocycles. The molecule has 2 amide bonds.